The molecule has 1 aliphatic carbocycles. The van der Waals surface area contributed by atoms with Crippen molar-refractivity contribution >= 4 is 27.5 Å². The molecule has 0 bridgehead atoms. The second-order valence-corrected chi connectivity index (χ2v) is 9.19. The third-order valence-corrected chi connectivity index (χ3v) is 6.80. The summed E-state index contributed by atoms with van der Waals surface area (Å²) in [4.78, 5) is 12.9. The quantitative estimate of drug-likeness (QED) is 0.659. The maximum absolute atomic E-state index is 12.8. The van der Waals surface area contributed by atoms with E-state index in [1.165, 1.54) is 12.1 Å². The smallest absolute Gasteiger partial charge is 0.297 e. The van der Waals surface area contributed by atoms with E-state index in [0.29, 0.717) is 17.9 Å². The summed E-state index contributed by atoms with van der Waals surface area (Å²) in [7, 11) is -3.89. The highest BCUT2D eigenvalue weighted by molar-refractivity contribution is 7.86. The monoisotopic (exact) mass is 406 g/mol. The van der Waals surface area contributed by atoms with Gasteiger partial charge in [0.05, 0.1) is 11.0 Å². The molecule has 3 rings (SSSR count). The summed E-state index contributed by atoms with van der Waals surface area (Å²) in [6.07, 6.45) is 1.34. The number of halogens is 1. The third-order valence-electron chi connectivity index (χ3n) is 5.14. The summed E-state index contributed by atoms with van der Waals surface area (Å²) in [5.74, 6) is -0.427. The summed E-state index contributed by atoms with van der Waals surface area (Å²) < 4.78 is 30.3. The van der Waals surface area contributed by atoms with Gasteiger partial charge in [0, 0.05) is 16.9 Å². The van der Waals surface area contributed by atoms with Gasteiger partial charge in [-0.15, -0.1) is 0 Å². The molecule has 0 aromatic heterocycles. The molecule has 144 valence electrons. The number of ketones is 1. The predicted molar refractivity (Wildman–Crippen MR) is 105 cm³/mol. The first-order chi connectivity index (χ1) is 12.8. The standard InChI is InChI=1S/C21H23ClO4S/c1-14-3-10-19(11-4-14)27(24,25)26-15(2)20-12-7-17(21(20)23)13-16-5-8-18(22)9-6-16/h3-6,8-11,15,17,20H,7,12-13H2,1-2H3. The molecule has 0 N–H and O–H groups in total. The van der Waals surface area contributed by atoms with Gasteiger partial charge < -0.3 is 0 Å². The van der Waals surface area contributed by atoms with Crippen molar-refractivity contribution in [1.82, 2.24) is 0 Å². The second kappa shape index (κ2) is 8.13. The van der Waals surface area contributed by atoms with Crippen molar-refractivity contribution in [2.24, 2.45) is 11.8 Å². The van der Waals surface area contributed by atoms with Crippen LogP contribution in [0.3, 0.4) is 0 Å². The SMILES string of the molecule is Cc1ccc(S(=O)(=O)OC(C)C2CCC(Cc3ccc(Cl)cc3)C2=O)cc1. The molecule has 0 spiro atoms. The summed E-state index contributed by atoms with van der Waals surface area (Å²) >= 11 is 5.90. The molecule has 1 saturated carbocycles. The second-order valence-electron chi connectivity index (χ2n) is 7.18. The Morgan fingerprint density at radius 3 is 2.33 bits per heavy atom. The van der Waals surface area contributed by atoms with Gasteiger partial charge in [-0.2, -0.15) is 8.42 Å². The van der Waals surface area contributed by atoms with Gasteiger partial charge in [0.2, 0.25) is 0 Å². The van der Waals surface area contributed by atoms with Crippen LogP contribution in [0.2, 0.25) is 5.02 Å². The Labute approximate surface area is 165 Å². The largest absolute Gasteiger partial charge is 0.299 e. The number of Topliss-reactive ketones (excluding diaryl/α,β-unsaturated/α-hetero) is 1. The van der Waals surface area contributed by atoms with Gasteiger partial charge in [-0.3, -0.25) is 8.98 Å². The van der Waals surface area contributed by atoms with E-state index in [0.717, 1.165) is 17.5 Å². The molecular formula is C21H23ClO4S. The zero-order chi connectivity index (χ0) is 19.6. The highest BCUT2D eigenvalue weighted by atomic mass is 35.5. The summed E-state index contributed by atoms with van der Waals surface area (Å²) in [5.41, 5.74) is 2.03. The Kier molecular flexibility index (Phi) is 6.04. The molecule has 27 heavy (non-hydrogen) atoms. The van der Waals surface area contributed by atoms with Crippen LogP contribution < -0.4 is 0 Å². The lowest BCUT2D eigenvalue weighted by Gasteiger charge is -2.19. The van der Waals surface area contributed by atoms with E-state index in [-0.39, 0.29) is 16.6 Å². The van der Waals surface area contributed by atoms with E-state index < -0.39 is 22.1 Å². The van der Waals surface area contributed by atoms with E-state index in [2.05, 4.69) is 0 Å². The van der Waals surface area contributed by atoms with Crippen LogP contribution in [0.15, 0.2) is 53.4 Å². The Hall–Kier alpha value is -1.69. The fourth-order valence-corrected chi connectivity index (χ4v) is 4.81. The topological polar surface area (TPSA) is 60.4 Å². The van der Waals surface area contributed by atoms with E-state index in [1.807, 2.05) is 31.2 Å². The average molecular weight is 407 g/mol. The predicted octanol–water partition coefficient (Wildman–Crippen LogP) is 4.58. The fourth-order valence-electron chi connectivity index (χ4n) is 3.57. The van der Waals surface area contributed by atoms with Gasteiger partial charge in [0.1, 0.15) is 5.78 Å². The molecule has 4 nitrogen and oxygen atoms in total. The highest BCUT2D eigenvalue weighted by Crippen LogP contribution is 2.34. The van der Waals surface area contributed by atoms with Crippen LogP contribution in [0.1, 0.15) is 30.9 Å². The molecular weight excluding hydrogens is 384 g/mol. The van der Waals surface area contributed by atoms with Crippen molar-refractivity contribution in [3.8, 4) is 0 Å². The summed E-state index contributed by atoms with van der Waals surface area (Å²) in [6.45, 7) is 3.55. The minimum atomic E-state index is -3.89. The summed E-state index contributed by atoms with van der Waals surface area (Å²) in [6, 6.07) is 14.0. The van der Waals surface area contributed by atoms with Crippen molar-refractivity contribution in [3.05, 3.63) is 64.7 Å². The number of rotatable bonds is 6. The van der Waals surface area contributed by atoms with Crippen LogP contribution >= 0.6 is 11.6 Å². The molecule has 1 fully saturated rings. The maximum atomic E-state index is 12.8. The molecule has 0 heterocycles. The van der Waals surface area contributed by atoms with E-state index in [4.69, 9.17) is 15.8 Å². The molecule has 1 aliphatic rings. The van der Waals surface area contributed by atoms with Gasteiger partial charge >= 0.3 is 0 Å². The van der Waals surface area contributed by atoms with Crippen molar-refractivity contribution in [2.45, 2.75) is 44.1 Å². The first-order valence-corrected chi connectivity index (χ1v) is 10.8. The van der Waals surface area contributed by atoms with Crippen molar-refractivity contribution < 1.29 is 17.4 Å². The lowest BCUT2D eigenvalue weighted by atomic mass is 9.94. The number of carbonyl (C=O) groups excluding carboxylic acids is 1. The Morgan fingerprint density at radius 2 is 1.70 bits per heavy atom. The highest BCUT2D eigenvalue weighted by Gasteiger charge is 2.39. The molecule has 3 atom stereocenters. The normalized spacial score (nSPS) is 21.4. The average Bonchev–Trinajstić information content (AvgIpc) is 2.98. The van der Waals surface area contributed by atoms with E-state index in [9.17, 15) is 13.2 Å². The number of carbonyl (C=O) groups is 1. The molecule has 0 radical (unpaired) electrons. The molecule has 2 aromatic carbocycles. The van der Waals surface area contributed by atoms with Gasteiger partial charge in [-0.25, -0.2) is 0 Å². The van der Waals surface area contributed by atoms with Crippen LogP contribution in [0.5, 0.6) is 0 Å². The van der Waals surface area contributed by atoms with Crippen LogP contribution in [0.4, 0.5) is 0 Å². The zero-order valence-electron chi connectivity index (χ0n) is 15.4. The van der Waals surface area contributed by atoms with E-state index in [1.54, 1.807) is 19.1 Å². The van der Waals surface area contributed by atoms with Crippen molar-refractivity contribution in [3.63, 3.8) is 0 Å². The zero-order valence-corrected chi connectivity index (χ0v) is 17.0. The lowest BCUT2D eigenvalue weighted by molar-refractivity contribution is -0.125. The fraction of sp³-hybridized carbons (Fsp3) is 0.381. The summed E-state index contributed by atoms with van der Waals surface area (Å²) in [5, 5.41) is 0.665. The molecule has 0 aliphatic heterocycles. The van der Waals surface area contributed by atoms with Crippen molar-refractivity contribution in [2.75, 3.05) is 0 Å². The van der Waals surface area contributed by atoms with Gasteiger partial charge in [-0.1, -0.05) is 41.4 Å². The van der Waals surface area contributed by atoms with Gasteiger partial charge in [-0.05, 0) is 62.9 Å². The van der Waals surface area contributed by atoms with Crippen LogP contribution in [-0.2, 0) is 25.5 Å². The minimum Gasteiger partial charge on any atom is -0.299 e. The first-order valence-electron chi connectivity index (χ1n) is 9.04. The first kappa shape index (κ1) is 20.1. The maximum Gasteiger partial charge on any atom is 0.297 e. The van der Waals surface area contributed by atoms with Crippen LogP contribution in [0.25, 0.3) is 0 Å². The molecule has 3 unspecified atom stereocenters. The Balaban J connectivity index is 1.65. The number of aryl methyl sites for hydroxylation is 1. The molecule has 6 heteroatoms. The molecule has 0 saturated heterocycles. The Bertz CT molecular complexity index is 904. The van der Waals surface area contributed by atoms with Gasteiger partial charge in [0.15, 0.2) is 0 Å². The minimum absolute atomic E-state index is 0.0801. The molecule has 0 amide bonds. The Morgan fingerprint density at radius 1 is 1.07 bits per heavy atom. The third kappa shape index (κ3) is 4.78. The van der Waals surface area contributed by atoms with Crippen molar-refractivity contribution in [1.29, 1.82) is 0 Å². The number of benzene rings is 2. The van der Waals surface area contributed by atoms with E-state index >= 15 is 0 Å². The van der Waals surface area contributed by atoms with Crippen LogP contribution in [-0.4, -0.2) is 20.3 Å². The number of hydrogen-bond acceptors (Lipinski definition) is 4. The number of hydrogen-bond donors (Lipinski definition) is 0. The lowest BCUT2D eigenvalue weighted by Crippen LogP contribution is -2.29. The molecule has 2 aromatic rings. The van der Waals surface area contributed by atoms with Gasteiger partial charge in [0.25, 0.3) is 10.1 Å². The van der Waals surface area contributed by atoms with Crippen LogP contribution in [0, 0.1) is 18.8 Å².